The molecular weight excluding hydrogens is 360 g/mol. The monoisotopic (exact) mass is 374 g/mol. The van der Waals surface area contributed by atoms with Gasteiger partial charge in [-0.15, -0.1) is 0 Å². The molecule has 2 aromatic rings. The second-order valence-corrected chi connectivity index (χ2v) is 6.09. The van der Waals surface area contributed by atoms with Crippen molar-refractivity contribution < 1.29 is 14.3 Å². The van der Waals surface area contributed by atoms with Crippen LogP contribution in [0.3, 0.4) is 0 Å². The highest BCUT2D eigenvalue weighted by Gasteiger charge is 2.39. The fourth-order valence-electron chi connectivity index (χ4n) is 2.52. The van der Waals surface area contributed by atoms with Gasteiger partial charge in [-0.1, -0.05) is 22.0 Å². The molecule has 1 atom stereocenters. The Morgan fingerprint density at radius 1 is 1.17 bits per heavy atom. The molecule has 23 heavy (non-hydrogen) atoms. The van der Waals surface area contributed by atoms with Gasteiger partial charge in [0.15, 0.2) is 0 Å². The number of carbonyl (C=O) groups is 2. The Morgan fingerprint density at radius 2 is 1.91 bits per heavy atom. The van der Waals surface area contributed by atoms with Crippen molar-refractivity contribution >= 4 is 39.1 Å². The second kappa shape index (κ2) is 6.42. The molecule has 1 N–H and O–H groups in total. The zero-order chi connectivity index (χ0) is 16.4. The summed E-state index contributed by atoms with van der Waals surface area (Å²) in [5.74, 6) is 0.231. The number of ether oxygens (including phenoxy) is 1. The van der Waals surface area contributed by atoms with Crippen LogP contribution in [0.5, 0.6) is 5.75 Å². The second-order valence-electron chi connectivity index (χ2n) is 5.18. The Morgan fingerprint density at radius 3 is 2.61 bits per heavy atom. The van der Waals surface area contributed by atoms with Crippen molar-refractivity contribution in [3.8, 4) is 5.75 Å². The third-order valence-corrected chi connectivity index (χ3v) is 4.17. The van der Waals surface area contributed by atoms with Crippen molar-refractivity contribution in [1.82, 2.24) is 0 Å². The van der Waals surface area contributed by atoms with E-state index in [9.17, 15) is 9.59 Å². The van der Waals surface area contributed by atoms with Crippen LogP contribution in [-0.4, -0.2) is 25.0 Å². The predicted octanol–water partition coefficient (Wildman–Crippen LogP) is 3.20. The smallest absolute Gasteiger partial charge is 0.256 e. The van der Waals surface area contributed by atoms with Crippen LogP contribution in [0.4, 0.5) is 11.4 Å². The lowest BCUT2D eigenvalue weighted by Gasteiger charge is -2.16. The molecule has 0 aliphatic carbocycles. The van der Waals surface area contributed by atoms with Gasteiger partial charge in [0, 0.05) is 16.2 Å². The summed E-state index contributed by atoms with van der Waals surface area (Å²) in [4.78, 5) is 26.0. The summed E-state index contributed by atoms with van der Waals surface area (Å²) < 4.78 is 6.06. The highest BCUT2D eigenvalue weighted by atomic mass is 79.9. The molecule has 1 aliphatic rings. The van der Waals surface area contributed by atoms with E-state index >= 15 is 0 Å². The molecule has 118 valence electrons. The largest absolute Gasteiger partial charge is 0.497 e. The van der Waals surface area contributed by atoms with E-state index in [1.54, 1.807) is 37.4 Å². The number of carbonyl (C=O) groups excluding carboxylic acids is 2. The molecule has 5 nitrogen and oxygen atoms in total. The van der Waals surface area contributed by atoms with Crippen LogP contribution in [-0.2, 0) is 9.59 Å². The topological polar surface area (TPSA) is 58.6 Å². The highest BCUT2D eigenvalue weighted by Crippen LogP contribution is 2.27. The number of amides is 2. The summed E-state index contributed by atoms with van der Waals surface area (Å²) in [6.07, 6.45) is 0.131. The van der Waals surface area contributed by atoms with Gasteiger partial charge in [-0.05, 0) is 36.4 Å². The molecule has 1 aliphatic heterocycles. The summed E-state index contributed by atoms with van der Waals surface area (Å²) in [6.45, 7) is 0. The number of halogens is 1. The van der Waals surface area contributed by atoms with Crippen LogP contribution >= 0.6 is 15.9 Å². The number of anilines is 2. The lowest BCUT2D eigenvalue weighted by atomic mass is 10.2. The summed E-state index contributed by atoms with van der Waals surface area (Å²) >= 11 is 3.34. The number of methoxy groups -OCH3 is 1. The van der Waals surface area contributed by atoms with Crippen LogP contribution in [0.25, 0.3) is 0 Å². The number of rotatable bonds is 4. The standard InChI is InChI=1S/C17H15BrN2O3/c1-23-14-4-2-3-12(9-14)19-15-10-16(21)20(17(15)22)13-7-5-11(18)6-8-13/h2-9,15,19H,10H2,1H3/t15-/m1/s1. The maximum atomic E-state index is 12.6. The Balaban J connectivity index is 1.79. The Hall–Kier alpha value is -2.34. The molecule has 0 bridgehead atoms. The molecule has 0 aromatic heterocycles. The van der Waals surface area contributed by atoms with E-state index in [-0.39, 0.29) is 18.2 Å². The van der Waals surface area contributed by atoms with E-state index in [1.165, 1.54) is 4.90 Å². The lowest BCUT2D eigenvalue weighted by Crippen LogP contribution is -2.34. The Labute approximate surface area is 142 Å². The van der Waals surface area contributed by atoms with Gasteiger partial charge in [0.2, 0.25) is 5.91 Å². The zero-order valence-electron chi connectivity index (χ0n) is 12.5. The quantitative estimate of drug-likeness (QED) is 0.834. The summed E-state index contributed by atoms with van der Waals surface area (Å²) in [5, 5.41) is 3.11. The molecule has 1 heterocycles. The summed E-state index contributed by atoms with van der Waals surface area (Å²) in [7, 11) is 1.58. The normalized spacial score (nSPS) is 17.5. The predicted molar refractivity (Wildman–Crippen MR) is 91.7 cm³/mol. The van der Waals surface area contributed by atoms with Crippen LogP contribution in [0.2, 0.25) is 0 Å². The van der Waals surface area contributed by atoms with E-state index in [1.807, 2.05) is 18.2 Å². The molecule has 1 fully saturated rings. The molecule has 2 aromatic carbocycles. The molecule has 3 rings (SSSR count). The first-order valence-corrected chi connectivity index (χ1v) is 7.91. The molecule has 0 saturated carbocycles. The summed E-state index contributed by atoms with van der Waals surface area (Å²) in [6, 6.07) is 13.8. The van der Waals surface area contributed by atoms with Gasteiger partial charge in [-0.2, -0.15) is 0 Å². The molecule has 2 amide bonds. The molecule has 0 spiro atoms. The van der Waals surface area contributed by atoms with Gasteiger partial charge in [0.1, 0.15) is 11.8 Å². The molecular formula is C17H15BrN2O3. The Kier molecular flexibility index (Phi) is 4.34. The molecule has 0 unspecified atom stereocenters. The van der Waals surface area contributed by atoms with Gasteiger partial charge >= 0.3 is 0 Å². The van der Waals surface area contributed by atoms with E-state index in [2.05, 4.69) is 21.2 Å². The minimum absolute atomic E-state index is 0.131. The number of benzene rings is 2. The first-order valence-electron chi connectivity index (χ1n) is 7.11. The minimum atomic E-state index is -0.571. The van der Waals surface area contributed by atoms with E-state index in [0.717, 1.165) is 10.2 Å². The van der Waals surface area contributed by atoms with Crippen molar-refractivity contribution in [2.24, 2.45) is 0 Å². The van der Waals surface area contributed by atoms with Crippen LogP contribution in [0.15, 0.2) is 53.0 Å². The van der Waals surface area contributed by atoms with E-state index in [0.29, 0.717) is 11.4 Å². The van der Waals surface area contributed by atoms with Gasteiger partial charge in [-0.25, -0.2) is 4.90 Å². The summed E-state index contributed by atoms with van der Waals surface area (Å²) in [5.41, 5.74) is 1.33. The fraction of sp³-hybridized carbons (Fsp3) is 0.176. The third-order valence-electron chi connectivity index (χ3n) is 3.64. The van der Waals surface area contributed by atoms with E-state index < -0.39 is 6.04 Å². The van der Waals surface area contributed by atoms with Gasteiger partial charge in [0.05, 0.1) is 19.2 Å². The fourth-order valence-corrected chi connectivity index (χ4v) is 2.78. The number of hydrogen-bond acceptors (Lipinski definition) is 4. The SMILES string of the molecule is COc1cccc(N[C@@H]2CC(=O)N(c3ccc(Br)cc3)C2=O)c1. The zero-order valence-corrected chi connectivity index (χ0v) is 14.0. The van der Waals surface area contributed by atoms with Crippen molar-refractivity contribution in [1.29, 1.82) is 0 Å². The highest BCUT2D eigenvalue weighted by molar-refractivity contribution is 9.10. The average Bonchev–Trinajstić information content (AvgIpc) is 2.83. The van der Waals surface area contributed by atoms with Crippen molar-refractivity contribution in [2.75, 3.05) is 17.3 Å². The third kappa shape index (κ3) is 3.22. The van der Waals surface area contributed by atoms with Crippen molar-refractivity contribution in [2.45, 2.75) is 12.5 Å². The first kappa shape index (κ1) is 15.6. The van der Waals surface area contributed by atoms with Crippen molar-refractivity contribution in [3.63, 3.8) is 0 Å². The van der Waals surface area contributed by atoms with Crippen LogP contribution < -0.4 is 15.0 Å². The van der Waals surface area contributed by atoms with Gasteiger partial charge < -0.3 is 10.1 Å². The van der Waals surface area contributed by atoms with Crippen LogP contribution in [0, 0.1) is 0 Å². The molecule has 1 saturated heterocycles. The number of nitrogens with zero attached hydrogens (tertiary/aromatic N) is 1. The van der Waals surface area contributed by atoms with Crippen LogP contribution in [0.1, 0.15) is 6.42 Å². The average molecular weight is 375 g/mol. The number of imide groups is 1. The number of hydrogen-bond donors (Lipinski definition) is 1. The lowest BCUT2D eigenvalue weighted by molar-refractivity contribution is -0.121. The van der Waals surface area contributed by atoms with Gasteiger partial charge in [0.25, 0.3) is 5.91 Å². The van der Waals surface area contributed by atoms with Gasteiger partial charge in [-0.3, -0.25) is 9.59 Å². The maximum Gasteiger partial charge on any atom is 0.256 e. The minimum Gasteiger partial charge on any atom is -0.497 e. The molecule has 0 radical (unpaired) electrons. The Bertz CT molecular complexity index is 746. The van der Waals surface area contributed by atoms with Crippen molar-refractivity contribution in [3.05, 3.63) is 53.0 Å². The maximum absolute atomic E-state index is 12.6. The molecule has 6 heteroatoms. The van der Waals surface area contributed by atoms with E-state index in [4.69, 9.17) is 4.74 Å². The number of nitrogens with one attached hydrogen (secondary N) is 1. The first-order chi connectivity index (χ1) is 11.1.